The predicted octanol–water partition coefficient (Wildman–Crippen LogP) is 0.361. The Labute approximate surface area is 85.4 Å². The van der Waals surface area contributed by atoms with Crippen LogP contribution in [0.1, 0.15) is 27.2 Å². The van der Waals surface area contributed by atoms with Crippen LogP contribution in [0.3, 0.4) is 0 Å². The highest BCUT2D eigenvalue weighted by Crippen LogP contribution is 2.18. The van der Waals surface area contributed by atoms with E-state index < -0.39 is 0 Å². The molecular formula is C10H20N2O2. The fourth-order valence-corrected chi connectivity index (χ4v) is 1.68. The Hall–Kier alpha value is -0.610. The van der Waals surface area contributed by atoms with Gasteiger partial charge < -0.3 is 10.5 Å². The van der Waals surface area contributed by atoms with Crippen LogP contribution in [0.5, 0.6) is 0 Å². The summed E-state index contributed by atoms with van der Waals surface area (Å²) in [7, 11) is 0. The summed E-state index contributed by atoms with van der Waals surface area (Å²) in [5.41, 5.74) is 5.28. The molecule has 1 fully saturated rings. The summed E-state index contributed by atoms with van der Waals surface area (Å²) in [6.07, 6.45) is 0.299. The Kier molecular flexibility index (Phi) is 3.50. The molecule has 0 saturated carbocycles. The van der Waals surface area contributed by atoms with Crippen molar-refractivity contribution in [1.29, 1.82) is 0 Å². The van der Waals surface area contributed by atoms with Crippen LogP contribution in [0.2, 0.25) is 0 Å². The van der Waals surface area contributed by atoms with E-state index in [1.807, 2.05) is 0 Å². The summed E-state index contributed by atoms with van der Waals surface area (Å²) >= 11 is 0. The van der Waals surface area contributed by atoms with Gasteiger partial charge in [-0.2, -0.15) is 0 Å². The van der Waals surface area contributed by atoms with Crippen molar-refractivity contribution in [2.75, 3.05) is 19.7 Å². The van der Waals surface area contributed by atoms with Crippen molar-refractivity contribution in [3.8, 4) is 0 Å². The summed E-state index contributed by atoms with van der Waals surface area (Å²) in [6, 6.07) is 0. The molecule has 1 rings (SSSR count). The summed E-state index contributed by atoms with van der Waals surface area (Å²) < 4.78 is 5.47. The number of rotatable bonds is 2. The molecule has 1 unspecified atom stereocenters. The van der Waals surface area contributed by atoms with Crippen LogP contribution in [0.15, 0.2) is 0 Å². The number of ether oxygens (including phenoxy) is 1. The first-order valence-electron chi connectivity index (χ1n) is 5.04. The molecular weight excluding hydrogens is 180 g/mol. The van der Waals surface area contributed by atoms with Gasteiger partial charge in [-0.25, -0.2) is 0 Å². The average molecular weight is 200 g/mol. The molecule has 4 nitrogen and oxygen atoms in total. The SMILES string of the molecule is CC(C)(C)N1CCOC(CC(N)=O)C1. The molecule has 1 atom stereocenters. The van der Waals surface area contributed by atoms with Gasteiger partial charge in [-0.15, -0.1) is 0 Å². The summed E-state index contributed by atoms with van der Waals surface area (Å²) in [5.74, 6) is -0.286. The second-order valence-electron chi connectivity index (χ2n) is 4.78. The standard InChI is InChI=1S/C10H20N2O2/c1-10(2,3)12-4-5-14-8(7-12)6-9(11)13/h8H,4-7H2,1-3H3,(H2,11,13). The van der Waals surface area contributed by atoms with Gasteiger partial charge in [-0.3, -0.25) is 9.69 Å². The number of carbonyl (C=O) groups excluding carboxylic acids is 1. The lowest BCUT2D eigenvalue weighted by Gasteiger charge is -2.41. The zero-order valence-electron chi connectivity index (χ0n) is 9.25. The van der Waals surface area contributed by atoms with Gasteiger partial charge >= 0.3 is 0 Å². The van der Waals surface area contributed by atoms with Crippen molar-refractivity contribution in [2.24, 2.45) is 5.73 Å². The van der Waals surface area contributed by atoms with Gasteiger partial charge in [0.25, 0.3) is 0 Å². The Balaban J connectivity index is 2.48. The third kappa shape index (κ3) is 3.27. The smallest absolute Gasteiger partial charge is 0.220 e. The monoisotopic (exact) mass is 200 g/mol. The molecule has 4 heteroatoms. The van der Waals surface area contributed by atoms with Gasteiger partial charge in [0.15, 0.2) is 0 Å². The Bertz CT molecular complexity index is 211. The van der Waals surface area contributed by atoms with Crippen LogP contribution in [0.25, 0.3) is 0 Å². The number of primary amides is 1. The number of hydrogen-bond donors (Lipinski definition) is 1. The predicted molar refractivity (Wildman–Crippen MR) is 54.9 cm³/mol. The highest BCUT2D eigenvalue weighted by molar-refractivity contribution is 5.74. The minimum absolute atomic E-state index is 0.0273. The molecule has 2 N–H and O–H groups in total. The first-order valence-corrected chi connectivity index (χ1v) is 5.04. The van der Waals surface area contributed by atoms with Crippen molar-refractivity contribution in [1.82, 2.24) is 4.90 Å². The maximum atomic E-state index is 10.7. The fraction of sp³-hybridized carbons (Fsp3) is 0.900. The molecule has 0 bridgehead atoms. The lowest BCUT2D eigenvalue weighted by Crippen LogP contribution is -2.52. The van der Waals surface area contributed by atoms with E-state index in [1.54, 1.807) is 0 Å². The van der Waals surface area contributed by atoms with E-state index >= 15 is 0 Å². The van der Waals surface area contributed by atoms with E-state index in [0.717, 1.165) is 13.1 Å². The van der Waals surface area contributed by atoms with Crippen LogP contribution >= 0.6 is 0 Å². The van der Waals surface area contributed by atoms with Crippen molar-refractivity contribution >= 4 is 5.91 Å². The third-order valence-corrected chi connectivity index (χ3v) is 2.52. The maximum Gasteiger partial charge on any atom is 0.220 e. The van der Waals surface area contributed by atoms with E-state index in [0.29, 0.717) is 13.0 Å². The molecule has 0 aliphatic carbocycles. The Morgan fingerprint density at radius 3 is 2.71 bits per heavy atom. The quantitative estimate of drug-likeness (QED) is 0.700. The zero-order chi connectivity index (χ0) is 10.8. The number of amides is 1. The molecule has 0 aromatic heterocycles. The molecule has 14 heavy (non-hydrogen) atoms. The third-order valence-electron chi connectivity index (χ3n) is 2.52. The van der Waals surface area contributed by atoms with Crippen LogP contribution in [0, 0.1) is 0 Å². The number of hydrogen-bond acceptors (Lipinski definition) is 3. The fourth-order valence-electron chi connectivity index (χ4n) is 1.68. The van der Waals surface area contributed by atoms with Gasteiger partial charge in [0.1, 0.15) is 0 Å². The van der Waals surface area contributed by atoms with Crippen LogP contribution in [0.4, 0.5) is 0 Å². The van der Waals surface area contributed by atoms with Gasteiger partial charge in [-0.05, 0) is 20.8 Å². The van der Waals surface area contributed by atoms with Crippen molar-refractivity contribution < 1.29 is 9.53 Å². The van der Waals surface area contributed by atoms with Crippen molar-refractivity contribution in [2.45, 2.75) is 38.8 Å². The van der Waals surface area contributed by atoms with Crippen LogP contribution in [-0.4, -0.2) is 42.1 Å². The first kappa shape index (κ1) is 11.5. The molecule has 0 aromatic rings. The van der Waals surface area contributed by atoms with E-state index in [2.05, 4.69) is 25.7 Å². The van der Waals surface area contributed by atoms with E-state index in [-0.39, 0.29) is 17.6 Å². The van der Waals surface area contributed by atoms with E-state index in [1.165, 1.54) is 0 Å². The second kappa shape index (κ2) is 4.28. The zero-order valence-corrected chi connectivity index (χ0v) is 9.25. The Morgan fingerprint density at radius 1 is 1.57 bits per heavy atom. The van der Waals surface area contributed by atoms with E-state index in [9.17, 15) is 4.79 Å². The van der Waals surface area contributed by atoms with Crippen molar-refractivity contribution in [3.05, 3.63) is 0 Å². The molecule has 1 heterocycles. The minimum atomic E-state index is -0.286. The average Bonchev–Trinajstić information content (AvgIpc) is 2.01. The van der Waals surface area contributed by atoms with Gasteiger partial charge in [0, 0.05) is 18.6 Å². The van der Waals surface area contributed by atoms with Gasteiger partial charge in [-0.1, -0.05) is 0 Å². The topological polar surface area (TPSA) is 55.6 Å². The number of nitrogens with zero attached hydrogens (tertiary/aromatic N) is 1. The highest BCUT2D eigenvalue weighted by Gasteiger charge is 2.28. The minimum Gasteiger partial charge on any atom is -0.375 e. The Morgan fingerprint density at radius 2 is 2.21 bits per heavy atom. The lowest BCUT2D eigenvalue weighted by molar-refractivity contribution is -0.124. The maximum absolute atomic E-state index is 10.7. The molecule has 0 spiro atoms. The molecule has 0 aromatic carbocycles. The first-order chi connectivity index (χ1) is 6.39. The summed E-state index contributed by atoms with van der Waals surface area (Å²) in [4.78, 5) is 13.1. The lowest BCUT2D eigenvalue weighted by atomic mass is 10.0. The molecule has 1 saturated heterocycles. The molecule has 0 radical (unpaired) electrons. The summed E-state index contributed by atoms with van der Waals surface area (Å²) in [5, 5.41) is 0. The van der Waals surface area contributed by atoms with Crippen LogP contribution in [-0.2, 0) is 9.53 Å². The number of carbonyl (C=O) groups is 1. The normalized spacial score (nSPS) is 24.9. The molecule has 1 aliphatic heterocycles. The largest absolute Gasteiger partial charge is 0.375 e. The second-order valence-corrected chi connectivity index (χ2v) is 4.78. The number of nitrogens with two attached hydrogens (primary N) is 1. The van der Waals surface area contributed by atoms with Gasteiger partial charge in [0.05, 0.1) is 19.1 Å². The van der Waals surface area contributed by atoms with Crippen LogP contribution < -0.4 is 5.73 Å². The highest BCUT2D eigenvalue weighted by atomic mass is 16.5. The molecule has 1 amide bonds. The van der Waals surface area contributed by atoms with E-state index in [4.69, 9.17) is 10.5 Å². The molecule has 1 aliphatic rings. The van der Waals surface area contributed by atoms with Gasteiger partial charge in [0.2, 0.25) is 5.91 Å². The van der Waals surface area contributed by atoms with Crippen molar-refractivity contribution in [3.63, 3.8) is 0 Å². The molecule has 82 valence electrons. The number of morpholine rings is 1. The summed E-state index contributed by atoms with van der Waals surface area (Å²) in [6.45, 7) is 8.92.